The van der Waals surface area contributed by atoms with E-state index in [-0.39, 0.29) is 11.7 Å². The number of hydrogen-bond acceptors (Lipinski definition) is 3. The third kappa shape index (κ3) is 3.03. The molecule has 1 heterocycles. The third-order valence-electron chi connectivity index (χ3n) is 2.68. The number of hydrogen-bond donors (Lipinski definition) is 1. The lowest BCUT2D eigenvalue weighted by atomic mass is 10.0. The minimum absolute atomic E-state index is 0.194. The van der Waals surface area contributed by atoms with Crippen molar-refractivity contribution >= 4 is 5.91 Å². The molecule has 18 heavy (non-hydrogen) atoms. The molecule has 96 valence electrons. The van der Waals surface area contributed by atoms with Crippen LogP contribution in [0.25, 0.3) is 0 Å². The normalized spacial score (nSPS) is 17.9. The summed E-state index contributed by atoms with van der Waals surface area (Å²) in [6.07, 6.45) is 11.8. The molecule has 1 aliphatic carbocycles. The molecule has 1 aliphatic heterocycles. The van der Waals surface area contributed by atoms with Gasteiger partial charge in [-0.3, -0.25) is 4.79 Å². The van der Waals surface area contributed by atoms with E-state index in [1.54, 1.807) is 0 Å². The molecule has 0 aromatic rings. The Morgan fingerprint density at radius 3 is 2.89 bits per heavy atom. The molecule has 0 bridgehead atoms. The van der Waals surface area contributed by atoms with Crippen LogP contribution in [0.4, 0.5) is 0 Å². The minimum atomic E-state index is -0.246. The van der Waals surface area contributed by atoms with E-state index in [1.807, 2.05) is 19.1 Å². The van der Waals surface area contributed by atoms with Crippen LogP contribution in [0.3, 0.4) is 0 Å². The Hall–Kier alpha value is -1.97. The second-order valence-corrected chi connectivity index (χ2v) is 4.11. The van der Waals surface area contributed by atoms with E-state index in [0.29, 0.717) is 12.3 Å². The van der Waals surface area contributed by atoms with Crippen LogP contribution >= 0.6 is 0 Å². The van der Waals surface area contributed by atoms with Crippen molar-refractivity contribution in [2.75, 3.05) is 6.54 Å². The molecular weight excluding hydrogens is 230 g/mol. The Kier molecular flexibility index (Phi) is 4.23. The second kappa shape index (κ2) is 6.10. The summed E-state index contributed by atoms with van der Waals surface area (Å²) in [5.41, 5.74) is 1.08. The van der Waals surface area contributed by atoms with Gasteiger partial charge in [0, 0.05) is 6.54 Å². The smallest absolute Gasteiger partial charge is 0.290 e. The fourth-order valence-corrected chi connectivity index (χ4v) is 1.68. The molecule has 1 amide bonds. The molecule has 4 nitrogen and oxygen atoms in total. The number of rotatable bonds is 4. The summed E-state index contributed by atoms with van der Waals surface area (Å²) in [5, 5.41) is 2.73. The second-order valence-electron chi connectivity index (χ2n) is 4.11. The zero-order chi connectivity index (χ0) is 12.8. The Labute approximate surface area is 107 Å². The molecule has 2 rings (SSSR count). The molecule has 0 saturated heterocycles. The van der Waals surface area contributed by atoms with Crippen molar-refractivity contribution in [2.45, 2.75) is 26.2 Å². The van der Waals surface area contributed by atoms with E-state index in [2.05, 4.69) is 11.4 Å². The fourth-order valence-electron chi connectivity index (χ4n) is 1.68. The van der Waals surface area contributed by atoms with Crippen LogP contribution in [-0.2, 0) is 14.3 Å². The average Bonchev–Trinajstić information content (AvgIpc) is 2.46. The predicted molar refractivity (Wildman–Crippen MR) is 68.1 cm³/mol. The summed E-state index contributed by atoms with van der Waals surface area (Å²) < 4.78 is 10.7. The lowest BCUT2D eigenvalue weighted by Gasteiger charge is -2.17. The van der Waals surface area contributed by atoms with Crippen LogP contribution in [0, 0.1) is 0 Å². The van der Waals surface area contributed by atoms with Gasteiger partial charge in [-0.25, -0.2) is 0 Å². The molecule has 2 aliphatic rings. The quantitative estimate of drug-likeness (QED) is 0.830. The van der Waals surface area contributed by atoms with E-state index in [9.17, 15) is 4.79 Å². The van der Waals surface area contributed by atoms with E-state index < -0.39 is 0 Å². The molecule has 0 saturated carbocycles. The highest BCUT2D eigenvalue weighted by Gasteiger charge is 2.17. The van der Waals surface area contributed by atoms with Gasteiger partial charge in [-0.05, 0) is 24.8 Å². The van der Waals surface area contributed by atoms with Gasteiger partial charge in [0.15, 0.2) is 5.76 Å². The van der Waals surface area contributed by atoms with E-state index in [1.165, 1.54) is 12.5 Å². The number of amides is 1. The maximum Gasteiger partial charge on any atom is 0.290 e. The molecule has 0 aromatic heterocycles. The van der Waals surface area contributed by atoms with E-state index in [0.717, 1.165) is 24.8 Å². The number of ether oxygens (including phenoxy) is 2. The van der Waals surface area contributed by atoms with E-state index >= 15 is 0 Å². The largest absolute Gasteiger partial charge is 0.457 e. The van der Waals surface area contributed by atoms with Crippen molar-refractivity contribution in [1.82, 2.24) is 5.32 Å². The Bertz CT molecular complexity index is 444. The standard InChI is InChI=1S/C14H17NO3/c1-2-8-15-14(16)13-10-17-12(9-18-13)11-6-4-3-5-7-11/h3-4,6,9-10H,2,5,7-8H2,1H3,(H,15,16). The summed E-state index contributed by atoms with van der Waals surface area (Å²) in [4.78, 5) is 11.6. The first kappa shape index (κ1) is 12.5. The van der Waals surface area contributed by atoms with Crippen LogP contribution in [0.2, 0.25) is 0 Å². The molecule has 0 aromatic carbocycles. The highest BCUT2D eigenvalue weighted by atomic mass is 16.5. The first-order valence-electron chi connectivity index (χ1n) is 6.19. The van der Waals surface area contributed by atoms with Gasteiger partial charge in [-0.1, -0.05) is 25.2 Å². The number of nitrogens with one attached hydrogen (secondary N) is 1. The van der Waals surface area contributed by atoms with Gasteiger partial charge in [0.2, 0.25) is 5.76 Å². The maximum absolute atomic E-state index is 11.6. The summed E-state index contributed by atoms with van der Waals surface area (Å²) >= 11 is 0. The lowest BCUT2D eigenvalue weighted by molar-refractivity contribution is -0.120. The monoisotopic (exact) mass is 247 g/mol. The van der Waals surface area contributed by atoms with Gasteiger partial charge in [0.25, 0.3) is 5.91 Å². The SMILES string of the molecule is CCCNC(=O)C1=COC(C2=CC=CCC2)=CO1. The van der Waals surface area contributed by atoms with Crippen molar-refractivity contribution < 1.29 is 14.3 Å². The van der Waals surface area contributed by atoms with Crippen molar-refractivity contribution in [3.05, 3.63) is 47.8 Å². The van der Waals surface area contributed by atoms with Gasteiger partial charge in [0.1, 0.15) is 12.5 Å². The molecule has 0 radical (unpaired) electrons. The third-order valence-corrected chi connectivity index (χ3v) is 2.68. The van der Waals surface area contributed by atoms with Crippen molar-refractivity contribution in [3.8, 4) is 0 Å². The van der Waals surface area contributed by atoms with Gasteiger partial charge in [-0.15, -0.1) is 0 Å². The van der Waals surface area contributed by atoms with Gasteiger partial charge in [0.05, 0.1) is 0 Å². The molecule has 0 unspecified atom stereocenters. The van der Waals surface area contributed by atoms with Crippen LogP contribution < -0.4 is 5.32 Å². The summed E-state index contributed by atoms with van der Waals surface area (Å²) in [6, 6.07) is 0. The molecule has 0 atom stereocenters. The van der Waals surface area contributed by atoms with Gasteiger partial charge >= 0.3 is 0 Å². The first-order chi connectivity index (χ1) is 8.81. The molecular formula is C14H17NO3. The Morgan fingerprint density at radius 2 is 2.28 bits per heavy atom. The zero-order valence-electron chi connectivity index (χ0n) is 10.4. The Balaban J connectivity index is 1.92. The Morgan fingerprint density at radius 1 is 1.39 bits per heavy atom. The molecule has 1 N–H and O–H groups in total. The van der Waals surface area contributed by atoms with Gasteiger partial charge < -0.3 is 14.8 Å². The van der Waals surface area contributed by atoms with E-state index in [4.69, 9.17) is 9.47 Å². The zero-order valence-corrected chi connectivity index (χ0v) is 10.4. The summed E-state index contributed by atoms with van der Waals surface area (Å²) in [7, 11) is 0. The topological polar surface area (TPSA) is 47.6 Å². The molecule has 0 spiro atoms. The van der Waals surface area contributed by atoms with Crippen molar-refractivity contribution in [3.63, 3.8) is 0 Å². The van der Waals surface area contributed by atoms with Gasteiger partial charge in [-0.2, -0.15) is 0 Å². The summed E-state index contributed by atoms with van der Waals surface area (Å²) in [5.74, 6) is 0.621. The predicted octanol–water partition coefficient (Wildman–Crippen LogP) is 2.52. The van der Waals surface area contributed by atoms with Crippen LogP contribution in [0.15, 0.2) is 47.8 Å². The van der Waals surface area contributed by atoms with Crippen LogP contribution in [0.5, 0.6) is 0 Å². The first-order valence-corrected chi connectivity index (χ1v) is 6.19. The van der Waals surface area contributed by atoms with Crippen molar-refractivity contribution in [1.29, 1.82) is 0 Å². The maximum atomic E-state index is 11.6. The summed E-state index contributed by atoms with van der Waals surface area (Å²) in [6.45, 7) is 2.63. The highest BCUT2D eigenvalue weighted by Crippen LogP contribution is 2.24. The highest BCUT2D eigenvalue weighted by molar-refractivity contribution is 5.91. The lowest BCUT2D eigenvalue weighted by Crippen LogP contribution is -2.27. The fraction of sp³-hybridized carbons (Fsp3) is 0.357. The van der Waals surface area contributed by atoms with Crippen LogP contribution in [0.1, 0.15) is 26.2 Å². The van der Waals surface area contributed by atoms with Crippen LogP contribution in [-0.4, -0.2) is 12.5 Å². The minimum Gasteiger partial charge on any atom is -0.457 e. The average molecular weight is 247 g/mol. The number of allylic oxidation sites excluding steroid dienone is 4. The van der Waals surface area contributed by atoms with Crippen molar-refractivity contribution in [2.24, 2.45) is 0 Å². The molecule has 0 fully saturated rings. The molecule has 4 heteroatoms. The number of carbonyl (C=O) groups excluding carboxylic acids is 1. The number of carbonyl (C=O) groups is 1.